The van der Waals surface area contributed by atoms with Gasteiger partial charge in [-0.2, -0.15) is 5.10 Å². The van der Waals surface area contributed by atoms with E-state index in [0.29, 0.717) is 5.75 Å². The number of benzene rings is 2. The molecule has 0 saturated heterocycles. The van der Waals surface area contributed by atoms with Gasteiger partial charge in [-0.25, -0.2) is 13.8 Å². The van der Waals surface area contributed by atoms with Crippen molar-refractivity contribution >= 4 is 43.8 Å². The average molecular weight is 470 g/mol. The molecule has 0 bridgehead atoms. The number of ether oxygens (including phenoxy) is 2. The zero-order valence-corrected chi connectivity index (χ0v) is 18.0. The monoisotopic (exact) mass is 469 g/mol. The first kappa shape index (κ1) is 21.7. The number of nitrogens with one attached hydrogen (secondary N) is 1. The van der Waals surface area contributed by atoms with Crippen LogP contribution in [0.4, 0.5) is 5.69 Å². The van der Waals surface area contributed by atoms with Gasteiger partial charge < -0.3 is 9.47 Å². The van der Waals surface area contributed by atoms with E-state index in [1.807, 2.05) is 24.3 Å². The summed E-state index contributed by atoms with van der Waals surface area (Å²) in [7, 11) is -0.865. The summed E-state index contributed by atoms with van der Waals surface area (Å²) in [6, 6.07) is 12.0. The second kappa shape index (κ2) is 9.56. The molecule has 2 aromatic carbocycles. The van der Waals surface area contributed by atoms with Gasteiger partial charge in [0, 0.05) is 10.5 Å². The minimum absolute atomic E-state index is 0.219. The third-order valence-corrected chi connectivity index (χ3v) is 5.21. The molecule has 0 aliphatic rings. The third-order valence-electron chi connectivity index (χ3n) is 3.59. The van der Waals surface area contributed by atoms with Crippen LogP contribution in [0.25, 0.3) is 0 Å². The zero-order chi connectivity index (χ0) is 20.7. The number of rotatable bonds is 8. The summed E-state index contributed by atoms with van der Waals surface area (Å²) in [5, 5.41) is 3.86. The number of hydrazone groups is 1. The van der Waals surface area contributed by atoms with Crippen LogP contribution < -0.4 is 19.2 Å². The fourth-order valence-corrected chi connectivity index (χ4v) is 3.58. The lowest BCUT2D eigenvalue weighted by Crippen LogP contribution is -2.39. The first-order valence-electron chi connectivity index (χ1n) is 8.02. The number of halogens is 1. The molecule has 10 heteroatoms. The minimum Gasteiger partial charge on any atom is -0.497 e. The molecule has 0 aliphatic heterocycles. The molecule has 0 atom stereocenters. The molecule has 0 saturated carbocycles. The van der Waals surface area contributed by atoms with Crippen LogP contribution in [0, 0.1) is 0 Å². The summed E-state index contributed by atoms with van der Waals surface area (Å²) in [6.45, 7) is -0.461. The summed E-state index contributed by atoms with van der Waals surface area (Å²) < 4.78 is 36.6. The van der Waals surface area contributed by atoms with Crippen molar-refractivity contribution in [1.82, 2.24) is 5.43 Å². The molecule has 28 heavy (non-hydrogen) atoms. The van der Waals surface area contributed by atoms with E-state index in [1.165, 1.54) is 32.6 Å². The van der Waals surface area contributed by atoms with Crippen LogP contribution in [0.15, 0.2) is 52.0 Å². The fraction of sp³-hybridized carbons (Fsp3) is 0.222. The van der Waals surface area contributed by atoms with Crippen LogP contribution in [0.2, 0.25) is 0 Å². The molecule has 0 heterocycles. The highest BCUT2D eigenvalue weighted by atomic mass is 79.9. The Morgan fingerprint density at radius 2 is 1.96 bits per heavy atom. The molecule has 0 unspecified atom stereocenters. The smallest absolute Gasteiger partial charge is 0.260 e. The molecular weight excluding hydrogens is 450 g/mol. The van der Waals surface area contributed by atoms with E-state index in [2.05, 4.69) is 26.5 Å². The predicted octanol–water partition coefficient (Wildman–Crippen LogP) is 2.38. The van der Waals surface area contributed by atoms with E-state index in [-0.39, 0.29) is 11.4 Å². The number of carbonyl (C=O) groups is 1. The van der Waals surface area contributed by atoms with Gasteiger partial charge in [-0.3, -0.25) is 9.10 Å². The van der Waals surface area contributed by atoms with E-state index in [9.17, 15) is 13.2 Å². The van der Waals surface area contributed by atoms with Crippen LogP contribution in [0.5, 0.6) is 11.5 Å². The van der Waals surface area contributed by atoms with Crippen molar-refractivity contribution in [2.24, 2.45) is 5.10 Å². The van der Waals surface area contributed by atoms with Gasteiger partial charge in [-0.1, -0.05) is 28.1 Å². The van der Waals surface area contributed by atoms with Crippen molar-refractivity contribution in [3.63, 3.8) is 0 Å². The van der Waals surface area contributed by atoms with Gasteiger partial charge in [0.1, 0.15) is 18.0 Å². The Morgan fingerprint density at radius 1 is 1.21 bits per heavy atom. The van der Waals surface area contributed by atoms with Crippen LogP contribution >= 0.6 is 15.9 Å². The van der Waals surface area contributed by atoms with Crippen molar-refractivity contribution in [2.45, 2.75) is 0 Å². The Bertz CT molecular complexity index is 979. The summed E-state index contributed by atoms with van der Waals surface area (Å²) in [6.07, 6.45) is 2.47. The van der Waals surface area contributed by atoms with E-state index in [1.54, 1.807) is 6.07 Å². The van der Waals surface area contributed by atoms with E-state index in [0.717, 1.165) is 20.6 Å². The van der Waals surface area contributed by atoms with Crippen molar-refractivity contribution in [2.75, 3.05) is 31.3 Å². The van der Waals surface area contributed by atoms with E-state index >= 15 is 0 Å². The summed E-state index contributed by atoms with van der Waals surface area (Å²) in [5.74, 6) is 0.155. The van der Waals surface area contributed by atoms with Gasteiger partial charge in [-0.05, 0) is 29.8 Å². The highest BCUT2D eigenvalue weighted by Gasteiger charge is 2.24. The van der Waals surface area contributed by atoms with Crippen LogP contribution in [0.3, 0.4) is 0 Å². The Hall–Kier alpha value is -2.59. The molecule has 0 aliphatic carbocycles. The summed E-state index contributed by atoms with van der Waals surface area (Å²) in [4.78, 5) is 12.2. The first-order chi connectivity index (χ1) is 13.2. The molecule has 0 spiro atoms. The van der Waals surface area contributed by atoms with Crippen LogP contribution in [-0.2, 0) is 14.8 Å². The summed E-state index contributed by atoms with van der Waals surface area (Å²) >= 11 is 3.34. The predicted molar refractivity (Wildman–Crippen MR) is 112 cm³/mol. The van der Waals surface area contributed by atoms with Crippen molar-refractivity contribution in [1.29, 1.82) is 0 Å². The van der Waals surface area contributed by atoms with Crippen LogP contribution in [0.1, 0.15) is 5.56 Å². The Labute approximate surface area is 172 Å². The highest BCUT2D eigenvalue weighted by molar-refractivity contribution is 9.10. The second-order valence-electron chi connectivity index (χ2n) is 5.66. The molecule has 0 fully saturated rings. The Kier molecular flexibility index (Phi) is 7.41. The first-order valence-corrected chi connectivity index (χ1v) is 10.7. The highest BCUT2D eigenvalue weighted by Crippen LogP contribution is 2.33. The number of sulfonamides is 1. The Morgan fingerprint density at radius 3 is 2.57 bits per heavy atom. The maximum atomic E-state index is 12.2. The van der Waals surface area contributed by atoms with Crippen molar-refractivity contribution in [3.8, 4) is 11.5 Å². The molecule has 2 rings (SSSR count). The lowest BCUT2D eigenvalue weighted by atomic mass is 10.2. The standard InChI is InChI=1S/C18H20BrN3O5S/c1-26-15-7-8-16(17(10-15)27-2)22(28(3,24)25)12-18(23)21-20-11-13-5-4-6-14(19)9-13/h4-11H,12H2,1-3H3,(H,21,23)/b20-11-. The van der Waals surface area contributed by atoms with Gasteiger partial charge in [-0.15, -0.1) is 0 Å². The second-order valence-corrected chi connectivity index (χ2v) is 8.48. The van der Waals surface area contributed by atoms with Crippen molar-refractivity contribution in [3.05, 3.63) is 52.5 Å². The minimum atomic E-state index is -3.75. The Balaban J connectivity index is 2.18. The maximum Gasteiger partial charge on any atom is 0.260 e. The number of hydrogen-bond acceptors (Lipinski definition) is 6. The number of methoxy groups -OCH3 is 2. The molecule has 8 nitrogen and oxygen atoms in total. The number of nitrogens with zero attached hydrogens (tertiary/aromatic N) is 2. The van der Waals surface area contributed by atoms with Gasteiger partial charge in [0.05, 0.1) is 32.4 Å². The number of carbonyl (C=O) groups excluding carboxylic acids is 1. The lowest BCUT2D eigenvalue weighted by molar-refractivity contribution is -0.119. The number of amides is 1. The van der Waals surface area contributed by atoms with Crippen molar-refractivity contribution < 1.29 is 22.7 Å². The van der Waals surface area contributed by atoms with Gasteiger partial charge in [0.2, 0.25) is 10.0 Å². The van der Waals surface area contributed by atoms with Gasteiger partial charge in [0.15, 0.2) is 0 Å². The average Bonchev–Trinajstić information content (AvgIpc) is 2.65. The lowest BCUT2D eigenvalue weighted by Gasteiger charge is -2.23. The molecular formula is C18H20BrN3O5S. The molecule has 0 radical (unpaired) electrons. The zero-order valence-electron chi connectivity index (χ0n) is 15.5. The molecule has 1 N–H and O–H groups in total. The fourth-order valence-electron chi connectivity index (χ4n) is 2.30. The topological polar surface area (TPSA) is 97.3 Å². The largest absolute Gasteiger partial charge is 0.497 e. The molecule has 150 valence electrons. The van der Waals surface area contributed by atoms with E-state index in [4.69, 9.17) is 9.47 Å². The van der Waals surface area contributed by atoms with E-state index < -0.39 is 22.5 Å². The van der Waals surface area contributed by atoms with Gasteiger partial charge >= 0.3 is 0 Å². The van der Waals surface area contributed by atoms with Crippen LogP contribution in [-0.4, -0.2) is 47.6 Å². The molecule has 0 aromatic heterocycles. The number of hydrogen-bond donors (Lipinski definition) is 1. The quantitative estimate of drug-likeness (QED) is 0.472. The molecule has 1 amide bonds. The maximum absolute atomic E-state index is 12.2. The normalized spacial score (nSPS) is 11.3. The number of anilines is 1. The summed E-state index contributed by atoms with van der Waals surface area (Å²) in [5.41, 5.74) is 3.32. The van der Waals surface area contributed by atoms with Gasteiger partial charge in [0.25, 0.3) is 5.91 Å². The molecule has 2 aromatic rings. The SMILES string of the molecule is COc1ccc(N(CC(=O)N/N=C\c2cccc(Br)c2)S(C)(=O)=O)c(OC)c1. The third kappa shape index (κ3) is 5.96.